The quantitative estimate of drug-likeness (QED) is 0.803. The van der Waals surface area contributed by atoms with Gasteiger partial charge in [-0.15, -0.1) is 0 Å². The van der Waals surface area contributed by atoms with E-state index in [1.54, 1.807) is 0 Å². The van der Waals surface area contributed by atoms with Gasteiger partial charge in [-0.25, -0.2) is 4.79 Å². The third-order valence-corrected chi connectivity index (χ3v) is 3.67. The van der Waals surface area contributed by atoms with Crippen molar-refractivity contribution in [2.24, 2.45) is 0 Å². The summed E-state index contributed by atoms with van der Waals surface area (Å²) in [7, 11) is 0. The van der Waals surface area contributed by atoms with E-state index in [4.69, 9.17) is 4.74 Å². The van der Waals surface area contributed by atoms with Crippen LogP contribution in [-0.4, -0.2) is 35.5 Å². The summed E-state index contributed by atoms with van der Waals surface area (Å²) in [5, 5.41) is 16.5. The molecule has 2 rings (SSSR count). The van der Waals surface area contributed by atoms with Crippen molar-refractivity contribution in [3.8, 4) is 0 Å². The minimum Gasteiger partial charge on any atom is -0.444 e. The van der Waals surface area contributed by atoms with E-state index in [2.05, 4.69) is 10.6 Å². The van der Waals surface area contributed by atoms with Crippen LogP contribution < -0.4 is 10.6 Å². The van der Waals surface area contributed by atoms with Crippen LogP contribution in [0.25, 0.3) is 0 Å². The summed E-state index contributed by atoms with van der Waals surface area (Å²) in [4.78, 5) is 11.7. The van der Waals surface area contributed by atoms with Crippen LogP contribution in [0.4, 0.5) is 10.5 Å². The molecule has 1 saturated heterocycles. The zero-order valence-electron chi connectivity index (χ0n) is 13.6. The van der Waals surface area contributed by atoms with E-state index in [1.165, 1.54) is 0 Å². The van der Waals surface area contributed by atoms with E-state index < -0.39 is 17.3 Å². The maximum Gasteiger partial charge on any atom is 0.412 e. The summed E-state index contributed by atoms with van der Waals surface area (Å²) < 4.78 is 5.21. The van der Waals surface area contributed by atoms with Crippen LogP contribution in [0.3, 0.4) is 0 Å². The Bertz CT molecular complexity index is 500. The Labute approximate surface area is 132 Å². The van der Waals surface area contributed by atoms with Gasteiger partial charge in [0, 0.05) is 12.1 Å². The molecule has 0 aromatic heterocycles. The van der Waals surface area contributed by atoms with Crippen LogP contribution in [0, 0.1) is 0 Å². The van der Waals surface area contributed by atoms with Gasteiger partial charge in [-0.2, -0.15) is 0 Å². The number of aliphatic hydroxyl groups is 1. The first-order valence-corrected chi connectivity index (χ1v) is 7.78. The number of anilines is 1. The fraction of sp³-hybridized carbons (Fsp3) is 0.588. The predicted molar refractivity (Wildman–Crippen MR) is 87.1 cm³/mol. The summed E-state index contributed by atoms with van der Waals surface area (Å²) in [6.07, 6.45) is 1.72. The van der Waals surface area contributed by atoms with Crippen molar-refractivity contribution in [3.63, 3.8) is 0 Å². The van der Waals surface area contributed by atoms with Gasteiger partial charge in [-0.3, -0.25) is 5.32 Å². The van der Waals surface area contributed by atoms with Crippen LogP contribution >= 0.6 is 0 Å². The fourth-order valence-corrected chi connectivity index (χ4v) is 2.58. The summed E-state index contributed by atoms with van der Waals surface area (Å²) in [6.45, 7) is 7.20. The average Bonchev–Trinajstić information content (AvgIpc) is 2.39. The van der Waals surface area contributed by atoms with Gasteiger partial charge in [0.1, 0.15) is 5.60 Å². The number of nitrogens with one attached hydrogen (secondary N) is 2. The van der Waals surface area contributed by atoms with Crippen molar-refractivity contribution in [2.45, 2.75) is 51.2 Å². The molecule has 0 aliphatic carbocycles. The van der Waals surface area contributed by atoms with Crippen LogP contribution in [-0.2, 0) is 11.2 Å². The molecule has 122 valence electrons. The second-order valence-corrected chi connectivity index (χ2v) is 6.97. The van der Waals surface area contributed by atoms with Crippen molar-refractivity contribution >= 4 is 11.8 Å². The Morgan fingerprint density at radius 1 is 1.27 bits per heavy atom. The van der Waals surface area contributed by atoms with E-state index in [0.717, 1.165) is 31.5 Å². The van der Waals surface area contributed by atoms with Gasteiger partial charge >= 0.3 is 6.09 Å². The Balaban J connectivity index is 1.91. The van der Waals surface area contributed by atoms with Gasteiger partial charge in [0.2, 0.25) is 0 Å². The van der Waals surface area contributed by atoms with Gasteiger partial charge < -0.3 is 15.2 Å². The van der Waals surface area contributed by atoms with Crippen LogP contribution in [0.2, 0.25) is 0 Å². The number of carbonyl (C=O) groups is 1. The molecule has 5 heteroatoms. The van der Waals surface area contributed by atoms with Gasteiger partial charge in [0.25, 0.3) is 0 Å². The molecule has 0 bridgehead atoms. The number of hydrogen-bond acceptors (Lipinski definition) is 4. The predicted octanol–water partition coefficient (Wildman–Crippen LogP) is 2.69. The number of benzene rings is 1. The Kier molecular flexibility index (Phi) is 5.08. The molecule has 1 heterocycles. The molecule has 1 aliphatic heterocycles. The number of ether oxygens (including phenoxy) is 1. The lowest BCUT2D eigenvalue weighted by Crippen LogP contribution is -2.43. The molecule has 1 aromatic carbocycles. The molecule has 1 aromatic rings. The molecule has 0 atom stereocenters. The van der Waals surface area contributed by atoms with Crippen LogP contribution in [0.15, 0.2) is 24.3 Å². The largest absolute Gasteiger partial charge is 0.444 e. The first-order chi connectivity index (χ1) is 10.3. The molecular formula is C17H26N2O3. The monoisotopic (exact) mass is 306 g/mol. The standard InChI is InChI=1S/C17H26N2O3/c1-16(2,3)22-15(20)19-14-6-4-13(5-7-14)12-17(21)8-10-18-11-9-17/h4-7,18,21H,8-12H2,1-3H3,(H,19,20). The molecule has 1 amide bonds. The van der Waals surface area contributed by atoms with Gasteiger partial charge in [-0.1, -0.05) is 12.1 Å². The summed E-state index contributed by atoms with van der Waals surface area (Å²) in [5.74, 6) is 0. The second-order valence-electron chi connectivity index (χ2n) is 6.97. The SMILES string of the molecule is CC(C)(C)OC(=O)Nc1ccc(CC2(O)CCNCC2)cc1. The second kappa shape index (κ2) is 6.67. The summed E-state index contributed by atoms with van der Waals surface area (Å²) >= 11 is 0. The number of piperidine rings is 1. The van der Waals surface area contributed by atoms with Crippen LogP contribution in [0.1, 0.15) is 39.2 Å². The molecular weight excluding hydrogens is 280 g/mol. The Morgan fingerprint density at radius 2 is 1.86 bits per heavy atom. The van der Waals surface area contributed by atoms with E-state index in [0.29, 0.717) is 12.1 Å². The molecule has 5 nitrogen and oxygen atoms in total. The molecule has 1 aliphatic rings. The lowest BCUT2D eigenvalue weighted by molar-refractivity contribution is 0.0108. The van der Waals surface area contributed by atoms with E-state index in [-0.39, 0.29) is 0 Å². The van der Waals surface area contributed by atoms with E-state index in [1.807, 2.05) is 45.0 Å². The lowest BCUT2D eigenvalue weighted by atomic mass is 9.86. The van der Waals surface area contributed by atoms with Crippen molar-refractivity contribution in [3.05, 3.63) is 29.8 Å². The van der Waals surface area contributed by atoms with Crippen molar-refractivity contribution in [1.82, 2.24) is 5.32 Å². The molecule has 0 spiro atoms. The number of rotatable bonds is 3. The number of carbonyl (C=O) groups excluding carboxylic acids is 1. The Hall–Kier alpha value is -1.59. The van der Waals surface area contributed by atoms with Gasteiger partial charge in [0.05, 0.1) is 5.60 Å². The molecule has 1 fully saturated rings. The molecule has 0 saturated carbocycles. The first-order valence-electron chi connectivity index (χ1n) is 7.78. The summed E-state index contributed by atoms with van der Waals surface area (Å²) in [5.41, 5.74) is 0.627. The third kappa shape index (κ3) is 5.31. The summed E-state index contributed by atoms with van der Waals surface area (Å²) in [6, 6.07) is 7.55. The van der Waals surface area contributed by atoms with Crippen LogP contribution in [0.5, 0.6) is 0 Å². The van der Waals surface area contributed by atoms with Crippen molar-refractivity contribution in [1.29, 1.82) is 0 Å². The minimum atomic E-state index is -0.620. The highest BCUT2D eigenvalue weighted by Crippen LogP contribution is 2.24. The third-order valence-electron chi connectivity index (χ3n) is 3.67. The zero-order chi connectivity index (χ0) is 16.2. The van der Waals surface area contributed by atoms with Gasteiger partial charge in [-0.05, 0) is 64.4 Å². The topological polar surface area (TPSA) is 70.6 Å². The molecule has 0 radical (unpaired) electrons. The maximum atomic E-state index is 11.7. The fourth-order valence-electron chi connectivity index (χ4n) is 2.58. The van der Waals surface area contributed by atoms with E-state index >= 15 is 0 Å². The van der Waals surface area contributed by atoms with Crippen molar-refractivity contribution < 1.29 is 14.6 Å². The van der Waals surface area contributed by atoms with Gasteiger partial charge in [0.15, 0.2) is 0 Å². The first kappa shape index (κ1) is 16.8. The highest BCUT2D eigenvalue weighted by molar-refractivity contribution is 5.84. The minimum absolute atomic E-state index is 0.461. The Morgan fingerprint density at radius 3 is 2.41 bits per heavy atom. The zero-order valence-corrected chi connectivity index (χ0v) is 13.6. The highest BCUT2D eigenvalue weighted by Gasteiger charge is 2.29. The number of amides is 1. The lowest BCUT2D eigenvalue weighted by Gasteiger charge is -2.32. The smallest absolute Gasteiger partial charge is 0.412 e. The van der Waals surface area contributed by atoms with Crippen molar-refractivity contribution in [2.75, 3.05) is 18.4 Å². The highest BCUT2D eigenvalue weighted by atomic mass is 16.6. The molecule has 22 heavy (non-hydrogen) atoms. The molecule has 0 unspecified atom stereocenters. The maximum absolute atomic E-state index is 11.7. The number of hydrogen-bond donors (Lipinski definition) is 3. The normalized spacial score (nSPS) is 17.8. The molecule has 3 N–H and O–H groups in total. The van der Waals surface area contributed by atoms with E-state index in [9.17, 15) is 9.90 Å². The average molecular weight is 306 g/mol.